The van der Waals surface area contributed by atoms with Crippen molar-refractivity contribution in [1.29, 1.82) is 0 Å². The van der Waals surface area contributed by atoms with Crippen molar-refractivity contribution >= 4 is 6.03 Å². The molecule has 6 fully saturated rings. The molecular formula is C27H44N4O7-2. The molecule has 0 aromatic carbocycles. The summed E-state index contributed by atoms with van der Waals surface area (Å²) in [7, 11) is 0. The molecule has 2 amide bonds. The fourth-order valence-electron chi connectivity index (χ4n) is 8.57. The van der Waals surface area contributed by atoms with Gasteiger partial charge in [-0.1, -0.05) is 0 Å². The molecule has 0 saturated carbocycles. The molecule has 11 heteroatoms. The summed E-state index contributed by atoms with van der Waals surface area (Å²) in [5.74, 6) is 0. The maximum absolute atomic E-state index is 13.8. The largest absolute Gasteiger partial charge is 0.784 e. The lowest BCUT2D eigenvalue weighted by molar-refractivity contribution is -0.125. The number of nitrogens with zero attached hydrogens (tertiary/aromatic N) is 2. The second-order valence-electron chi connectivity index (χ2n) is 12.8. The third-order valence-electron chi connectivity index (χ3n) is 10.6. The Labute approximate surface area is 225 Å². The van der Waals surface area contributed by atoms with Crippen LogP contribution in [0.2, 0.25) is 0 Å². The Morgan fingerprint density at radius 2 is 0.763 bits per heavy atom. The summed E-state index contributed by atoms with van der Waals surface area (Å²) in [5, 5.41) is 37.0. The molecule has 0 aliphatic carbocycles. The van der Waals surface area contributed by atoms with E-state index in [9.17, 15) is 15.2 Å². The first-order valence-corrected chi connectivity index (χ1v) is 14.7. The van der Waals surface area contributed by atoms with Gasteiger partial charge in [-0.2, -0.15) is 0 Å². The minimum absolute atomic E-state index is 0.0925. The van der Waals surface area contributed by atoms with E-state index in [0.29, 0.717) is 130 Å². The van der Waals surface area contributed by atoms with Crippen LogP contribution in [0.15, 0.2) is 0 Å². The zero-order valence-corrected chi connectivity index (χ0v) is 22.5. The number of hydrogen-bond acceptors (Lipinski definition) is 9. The van der Waals surface area contributed by atoms with Crippen LogP contribution in [0, 0.1) is 10.4 Å². The third kappa shape index (κ3) is 4.87. The average molecular weight is 537 g/mol. The van der Waals surface area contributed by atoms with E-state index in [1.54, 1.807) is 0 Å². The number of nitrogens with one attached hydrogen (secondary N) is 2. The molecule has 4 spiro atoms. The monoisotopic (exact) mass is 536 g/mol. The second-order valence-corrected chi connectivity index (χ2v) is 12.8. The Balaban J connectivity index is 1.17. The van der Waals surface area contributed by atoms with Gasteiger partial charge in [-0.25, -0.2) is 4.79 Å². The molecule has 0 radical (unpaired) electrons. The molecule has 2 N–H and O–H groups in total. The van der Waals surface area contributed by atoms with Crippen molar-refractivity contribution in [2.75, 3.05) is 52.9 Å². The molecule has 6 saturated heterocycles. The molecule has 0 bridgehead atoms. The fourth-order valence-corrected chi connectivity index (χ4v) is 8.57. The number of carbonyl (C=O) groups is 1. The van der Waals surface area contributed by atoms with Crippen LogP contribution in [-0.4, -0.2) is 103 Å². The van der Waals surface area contributed by atoms with Crippen molar-refractivity contribution in [3.63, 3.8) is 0 Å². The lowest BCUT2D eigenvalue weighted by atomic mass is 9.69. The number of rotatable bonds is 2. The van der Waals surface area contributed by atoms with Gasteiger partial charge >= 0.3 is 6.03 Å². The van der Waals surface area contributed by atoms with Crippen LogP contribution in [-0.2, 0) is 18.9 Å². The standard InChI is InChI=1S/C27H44N4O7/c32-23(28-21-17-24(1-9-35-10-2-24)30(33)25(18-21)3-11-36-12-4-25)29-22-19-26(5-13-37-14-6-26)31(34)27(20-22)7-15-38-16-8-27/h21-22H,1-20H2,(H2,28,29,32)/q-2. The molecule has 0 aromatic heterocycles. The van der Waals surface area contributed by atoms with Gasteiger partial charge in [-0.3, -0.25) is 0 Å². The second kappa shape index (κ2) is 10.7. The predicted molar refractivity (Wildman–Crippen MR) is 139 cm³/mol. The Morgan fingerprint density at radius 1 is 0.526 bits per heavy atom. The van der Waals surface area contributed by atoms with Crippen LogP contribution in [0.3, 0.4) is 0 Å². The Hall–Kier alpha value is -1.05. The normalized spacial score (nSPS) is 34.9. The van der Waals surface area contributed by atoms with Gasteiger partial charge in [0.15, 0.2) is 0 Å². The Kier molecular flexibility index (Phi) is 7.67. The van der Waals surface area contributed by atoms with Crippen LogP contribution < -0.4 is 10.6 Å². The zero-order valence-electron chi connectivity index (χ0n) is 22.5. The topological polar surface area (TPSA) is 131 Å². The van der Waals surface area contributed by atoms with E-state index in [1.807, 2.05) is 0 Å². The highest BCUT2D eigenvalue weighted by atomic mass is 16.5. The molecule has 6 heterocycles. The first-order valence-electron chi connectivity index (χ1n) is 14.7. The summed E-state index contributed by atoms with van der Waals surface area (Å²) in [6.07, 6.45) is 8.07. The van der Waals surface area contributed by atoms with E-state index < -0.39 is 22.2 Å². The molecule has 11 nitrogen and oxygen atoms in total. The van der Waals surface area contributed by atoms with Gasteiger partial charge in [0, 0.05) is 87.1 Å². The van der Waals surface area contributed by atoms with Crippen molar-refractivity contribution in [1.82, 2.24) is 20.8 Å². The molecule has 6 aliphatic rings. The van der Waals surface area contributed by atoms with E-state index >= 15 is 0 Å². The molecule has 6 rings (SSSR count). The molecule has 0 unspecified atom stereocenters. The number of urea groups is 1. The highest BCUT2D eigenvalue weighted by Crippen LogP contribution is 2.49. The van der Waals surface area contributed by atoms with Crippen LogP contribution in [0.1, 0.15) is 77.0 Å². The Morgan fingerprint density at radius 3 is 1.00 bits per heavy atom. The predicted octanol–water partition coefficient (Wildman–Crippen LogP) is 2.41. The smallest absolute Gasteiger partial charge is 0.315 e. The first kappa shape index (κ1) is 27.1. The number of amides is 2. The van der Waals surface area contributed by atoms with Crippen LogP contribution in [0.4, 0.5) is 4.79 Å². The van der Waals surface area contributed by atoms with Gasteiger partial charge in [0.25, 0.3) is 0 Å². The highest BCUT2D eigenvalue weighted by Gasteiger charge is 2.53. The maximum Gasteiger partial charge on any atom is 0.315 e. The number of hydrogen-bond donors (Lipinski definition) is 2. The van der Waals surface area contributed by atoms with Gasteiger partial charge in [-0.15, -0.1) is 0 Å². The number of piperidine rings is 2. The highest BCUT2D eigenvalue weighted by molar-refractivity contribution is 5.74. The molecular weight excluding hydrogens is 492 g/mol. The molecule has 6 aliphatic heterocycles. The summed E-state index contributed by atoms with van der Waals surface area (Å²) in [6, 6.07) is -0.373. The molecule has 0 aromatic rings. The molecule has 38 heavy (non-hydrogen) atoms. The van der Waals surface area contributed by atoms with Crippen LogP contribution in [0.25, 0.3) is 0 Å². The number of carbonyl (C=O) groups excluding carboxylic acids is 1. The minimum atomic E-state index is -0.502. The summed E-state index contributed by atoms with van der Waals surface area (Å²) in [5.41, 5.74) is -2.01. The van der Waals surface area contributed by atoms with Crippen molar-refractivity contribution in [2.45, 2.75) is 111 Å². The van der Waals surface area contributed by atoms with Crippen LogP contribution in [0.5, 0.6) is 0 Å². The van der Waals surface area contributed by atoms with Crippen molar-refractivity contribution < 1.29 is 23.7 Å². The number of ether oxygens (including phenoxy) is 4. The fraction of sp³-hybridized carbons (Fsp3) is 0.963. The minimum Gasteiger partial charge on any atom is -0.784 e. The van der Waals surface area contributed by atoms with E-state index in [0.717, 1.165) is 0 Å². The van der Waals surface area contributed by atoms with Crippen molar-refractivity contribution in [2.24, 2.45) is 0 Å². The summed E-state index contributed by atoms with van der Waals surface area (Å²) >= 11 is 0. The van der Waals surface area contributed by atoms with Gasteiger partial charge in [0.05, 0.1) is 0 Å². The van der Waals surface area contributed by atoms with Gasteiger partial charge in [0.2, 0.25) is 0 Å². The van der Waals surface area contributed by atoms with Gasteiger partial charge in [0.1, 0.15) is 0 Å². The van der Waals surface area contributed by atoms with E-state index in [-0.39, 0.29) is 18.1 Å². The maximum atomic E-state index is 13.8. The van der Waals surface area contributed by atoms with E-state index in [1.165, 1.54) is 10.1 Å². The van der Waals surface area contributed by atoms with Crippen LogP contribution >= 0.6 is 0 Å². The SMILES string of the molecule is O=C(NC1CC2(CCOCC2)N([O-])C2(CCOCC2)C1)NC1CC2(CCOCC2)N([O-])C2(CCOCC2)C1. The van der Waals surface area contributed by atoms with Crippen molar-refractivity contribution in [3.8, 4) is 0 Å². The third-order valence-corrected chi connectivity index (χ3v) is 10.6. The summed E-state index contributed by atoms with van der Waals surface area (Å²) < 4.78 is 22.5. The van der Waals surface area contributed by atoms with Crippen molar-refractivity contribution in [3.05, 3.63) is 10.4 Å². The van der Waals surface area contributed by atoms with E-state index in [2.05, 4.69) is 10.6 Å². The Bertz CT molecular complexity index is 713. The lowest BCUT2D eigenvalue weighted by Crippen LogP contribution is -2.70. The lowest BCUT2D eigenvalue weighted by Gasteiger charge is -2.66. The van der Waals surface area contributed by atoms with Gasteiger partial charge < -0.3 is 50.1 Å². The average Bonchev–Trinajstić information content (AvgIpc) is 2.93. The molecule has 0 atom stereocenters. The quantitative estimate of drug-likeness (QED) is 0.546. The zero-order chi connectivity index (χ0) is 26.3. The number of hydroxylamine groups is 4. The first-order chi connectivity index (χ1) is 18.4. The molecule has 216 valence electrons. The summed E-state index contributed by atoms with van der Waals surface area (Å²) in [6.45, 7) is 4.63. The van der Waals surface area contributed by atoms with Gasteiger partial charge in [-0.05, 0) is 77.0 Å². The summed E-state index contributed by atoms with van der Waals surface area (Å²) in [4.78, 5) is 13.5. The van der Waals surface area contributed by atoms with E-state index in [4.69, 9.17) is 18.9 Å².